The SMILES string of the molecule is CC[C@H](C)C/C(C)=C\C=N. The summed E-state index contributed by atoms with van der Waals surface area (Å²) in [6.45, 7) is 6.51. The third kappa shape index (κ3) is 4.30. The van der Waals surface area contributed by atoms with Gasteiger partial charge in [0, 0.05) is 6.21 Å². The van der Waals surface area contributed by atoms with E-state index in [-0.39, 0.29) is 0 Å². The zero-order chi connectivity index (χ0) is 7.98. The molecular weight excluding hydrogens is 122 g/mol. The second-order valence-corrected chi connectivity index (χ2v) is 2.90. The minimum atomic E-state index is 0.760. The molecule has 0 aromatic carbocycles. The maximum Gasteiger partial charge on any atom is 0.0177 e. The normalized spacial score (nSPS) is 14.9. The summed E-state index contributed by atoms with van der Waals surface area (Å²) in [5.74, 6) is 0.760. The van der Waals surface area contributed by atoms with Crippen molar-refractivity contribution in [3.05, 3.63) is 11.6 Å². The van der Waals surface area contributed by atoms with E-state index in [1.807, 2.05) is 6.08 Å². The molecule has 0 aliphatic rings. The average molecular weight is 139 g/mol. The molecule has 0 aromatic heterocycles. The van der Waals surface area contributed by atoms with Crippen molar-refractivity contribution in [1.82, 2.24) is 0 Å². The first kappa shape index (κ1) is 9.41. The Balaban J connectivity index is 3.66. The standard InChI is InChI=1S/C9H17N/c1-4-8(2)7-9(3)5-6-10/h5-6,8,10H,4,7H2,1-3H3/b9-5-,10-6?/t8-/m0/s1. The number of hydrogen-bond acceptors (Lipinski definition) is 1. The van der Waals surface area contributed by atoms with E-state index in [1.165, 1.54) is 18.2 Å². The molecule has 1 nitrogen and oxygen atoms in total. The molecule has 0 spiro atoms. The lowest BCUT2D eigenvalue weighted by molar-refractivity contribution is 0.557. The van der Waals surface area contributed by atoms with Crippen molar-refractivity contribution < 1.29 is 0 Å². The van der Waals surface area contributed by atoms with Gasteiger partial charge < -0.3 is 5.41 Å². The summed E-state index contributed by atoms with van der Waals surface area (Å²) >= 11 is 0. The Hall–Kier alpha value is -0.590. The van der Waals surface area contributed by atoms with Gasteiger partial charge in [-0.05, 0) is 25.3 Å². The molecule has 0 unspecified atom stereocenters. The van der Waals surface area contributed by atoms with E-state index in [1.54, 1.807) is 0 Å². The first-order valence-corrected chi connectivity index (χ1v) is 3.87. The van der Waals surface area contributed by atoms with Crippen LogP contribution in [0, 0.1) is 11.3 Å². The van der Waals surface area contributed by atoms with Crippen LogP contribution >= 0.6 is 0 Å². The molecule has 0 aliphatic heterocycles. The molecule has 58 valence electrons. The highest BCUT2D eigenvalue weighted by atomic mass is 14.3. The van der Waals surface area contributed by atoms with Crippen molar-refractivity contribution in [3.8, 4) is 0 Å². The Bertz CT molecular complexity index is 125. The first-order chi connectivity index (χ1) is 4.70. The Labute approximate surface area is 63.7 Å². The molecule has 0 rings (SSSR count). The van der Waals surface area contributed by atoms with Crippen molar-refractivity contribution in [3.63, 3.8) is 0 Å². The fourth-order valence-electron chi connectivity index (χ4n) is 0.904. The summed E-state index contributed by atoms with van der Waals surface area (Å²) in [6, 6.07) is 0. The Morgan fingerprint density at radius 2 is 2.20 bits per heavy atom. The zero-order valence-corrected chi connectivity index (χ0v) is 7.15. The van der Waals surface area contributed by atoms with E-state index < -0.39 is 0 Å². The van der Waals surface area contributed by atoms with E-state index >= 15 is 0 Å². The largest absolute Gasteiger partial charge is 0.309 e. The van der Waals surface area contributed by atoms with Crippen LogP contribution in [-0.2, 0) is 0 Å². The molecule has 0 heterocycles. The van der Waals surface area contributed by atoms with Crippen LogP contribution in [0.4, 0.5) is 0 Å². The van der Waals surface area contributed by atoms with Crippen LogP contribution in [0.15, 0.2) is 11.6 Å². The molecule has 0 aromatic rings. The van der Waals surface area contributed by atoms with Gasteiger partial charge in [-0.1, -0.05) is 25.8 Å². The van der Waals surface area contributed by atoms with Crippen LogP contribution < -0.4 is 0 Å². The predicted molar refractivity (Wildman–Crippen MR) is 46.6 cm³/mol. The summed E-state index contributed by atoms with van der Waals surface area (Å²) in [7, 11) is 0. The molecule has 1 heteroatoms. The molecule has 0 aliphatic carbocycles. The molecule has 0 radical (unpaired) electrons. The lowest BCUT2D eigenvalue weighted by Gasteiger charge is -2.06. The van der Waals surface area contributed by atoms with Crippen LogP contribution in [0.2, 0.25) is 0 Å². The summed E-state index contributed by atoms with van der Waals surface area (Å²) in [5, 5.41) is 6.83. The first-order valence-electron chi connectivity index (χ1n) is 3.87. The van der Waals surface area contributed by atoms with Crippen LogP contribution in [0.5, 0.6) is 0 Å². The monoisotopic (exact) mass is 139 g/mol. The molecule has 1 N–H and O–H groups in total. The molecule has 10 heavy (non-hydrogen) atoms. The lowest BCUT2D eigenvalue weighted by atomic mass is 10.00. The molecule has 1 atom stereocenters. The van der Waals surface area contributed by atoms with Crippen LogP contribution in [0.3, 0.4) is 0 Å². The fourth-order valence-corrected chi connectivity index (χ4v) is 0.904. The highest BCUT2D eigenvalue weighted by Crippen LogP contribution is 2.12. The van der Waals surface area contributed by atoms with Gasteiger partial charge in [0.1, 0.15) is 0 Å². The van der Waals surface area contributed by atoms with Gasteiger partial charge >= 0.3 is 0 Å². The van der Waals surface area contributed by atoms with E-state index in [0.29, 0.717) is 0 Å². The quantitative estimate of drug-likeness (QED) is 0.579. The topological polar surface area (TPSA) is 23.9 Å². The minimum absolute atomic E-state index is 0.760. The minimum Gasteiger partial charge on any atom is -0.309 e. The molecule has 0 bridgehead atoms. The van der Waals surface area contributed by atoms with E-state index in [0.717, 1.165) is 12.3 Å². The second kappa shape index (κ2) is 5.21. The number of rotatable bonds is 4. The van der Waals surface area contributed by atoms with E-state index in [4.69, 9.17) is 5.41 Å². The van der Waals surface area contributed by atoms with Crippen LogP contribution in [-0.4, -0.2) is 6.21 Å². The molecule has 0 saturated carbocycles. The Morgan fingerprint density at radius 3 is 2.60 bits per heavy atom. The summed E-state index contributed by atoms with van der Waals surface area (Å²) < 4.78 is 0. The van der Waals surface area contributed by atoms with Gasteiger partial charge in [-0.25, -0.2) is 0 Å². The van der Waals surface area contributed by atoms with E-state index in [2.05, 4.69) is 20.8 Å². The third-order valence-corrected chi connectivity index (χ3v) is 1.74. The summed E-state index contributed by atoms with van der Waals surface area (Å²) in [5.41, 5.74) is 1.31. The Morgan fingerprint density at radius 1 is 1.60 bits per heavy atom. The smallest absolute Gasteiger partial charge is 0.0177 e. The molecule has 0 saturated heterocycles. The van der Waals surface area contributed by atoms with Gasteiger partial charge in [0.2, 0.25) is 0 Å². The summed E-state index contributed by atoms with van der Waals surface area (Å²) in [4.78, 5) is 0. The van der Waals surface area contributed by atoms with Gasteiger partial charge in [-0.15, -0.1) is 0 Å². The van der Waals surface area contributed by atoms with Crippen molar-refractivity contribution in [1.29, 1.82) is 5.41 Å². The van der Waals surface area contributed by atoms with Gasteiger partial charge in [0.25, 0.3) is 0 Å². The van der Waals surface area contributed by atoms with E-state index in [9.17, 15) is 0 Å². The zero-order valence-electron chi connectivity index (χ0n) is 7.15. The van der Waals surface area contributed by atoms with Gasteiger partial charge in [0.15, 0.2) is 0 Å². The summed E-state index contributed by atoms with van der Waals surface area (Å²) in [6.07, 6.45) is 5.58. The van der Waals surface area contributed by atoms with Crippen molar-refractivity contribution in [2.45, 2.75) is 33.6 Å². The number of nitrogens with one attached hydrogen (secondary N) is 1. The molecule has 0 fully saturated rings. The maximum absolute atomic E-state index is 6.83. The third-order valence-electron chi connectivity index (χ3n) is 1.74. The van der Waals surface area contributed by atoms with Crippen molar-refractivity contribution in [2.75, 3.05) is 0 Å². The number of allylic oxidation sites excluding steroid dienone is 2. The fraction of sp³-hybridized carbons (Fsp3) is 0.667. The Kier molecular flexibility index (Phi) is 4.91. The van der Waals surface area contributed by atoms with Crippen molar-refractivity contribution >= 4 is 6.21 Å². The van der Waals surface area contributed by atoms with Crippen LogP contribution in [0.1, 0.15) is 33.6 Å². The average Bonchev–Trinajstić information content (AvgIpc) is 1.88. The molecular formula is C9H17N. The molecule has 0 amide bonds. The lowest BCUT2D eigenvalue weighted by Crippen LogP contribution is -1.92. The highest BCUT2D eigenvalue weighted by Gasteiger charge is 1.97. The van der Waals surface area contributed by atoms with Crippen molar-refractivity contribution in [2.24, 2.45) is 5.92 Å². The predicted octanol–water partition coefficient (Wildman–Crippen LogP) is 3.02. The van der Waals surface area contributed by atoms with Gasteiger partial charge in [-0.3, -0.25) is 0 Å². The maximum atomic E-state index is 6.83. The number of hydrogen-bond donors (Lipinski definition) is 1. The van der Waals surface area contributed by atoms with Crippen LogP contribution in [0.25, 0.3) is 0 Å². The van der Waals surface area contributed by atoms with Gasteiger partial charge in [0.05, 0.1) is 0 Å². The highest BCUT2D eigenvalue weighted by molar-refractivity contribution is 5.68. The second-order valence-electron chi connectivity index (χ2n) is 2.90. The van der Waals surface area contributed by atoms with Gasteiger partial charge in [-0.2, -0.15) is 0 Å².